The van der Waals surface area contributed by atoms with E-state index < -0.39 is 0 Å². The van der Waals surface area contributed by atoms with Gasteiger partial charge in [-0.3, -0.25) is 4.79 Å². The van der Waals surface area contributed by atoms with Gasteiger partial charge in [0, 0.05) is 38.8 Å². The third-order valence-corrected chi connectivity index (χ3v) is 3.86. The van der Waals surface area contributed by atoms with Crippen molar-refractivity contribution in [2.24, 2.45) is 0 Å². The molecule has 1 atom stereocenters. The summed E-state index contributed by atoms with van der Waals surface area (Å²) in [6.07, 6.45) is 2.48. The fraction of sp³-hybridized carbons (Fsp3) is 0.444. The lowest BCUT2D eigenvalue weighted by Crippen LogP contribution is -2.48. The van der Waals surface area contributed by atoms with E-state index in [1.54, 1.807) is 4.90 Å². The zero-order valence-electron chi connectivity index (χ0n) is 14.0. The van der Waals surface area contributed by atoms with E-state index in [1.165, 1.54) is 0 Å². The summed E-state index contributed by atoms with van der Waals surface area (Å²) in [5.41, 5.74) is 1.63. The molecule has 2 rings (SSSR count). The van der Waals surface area contributed by atoms with Crippen LogP contribution in [0.4, 0.5) is 4.79 Å². The summed E-state index contributed by atoms with van der Waals surface area (Å²) in [5, 5.41) is 0. The topological polar surface area (TPSA) is 49.9 Å². The lowest BCUT2D eigenvalue weighted by molar-refractivity contribution is -0.118. The predicted molar refractivity (Wildman–Crippen MR) is 88.8 cm³/mol. The molecular formula is C18H24N2O3. The van der Waals surface area contributed by atoms with E-state index in [0.29, 0.717) is 25.0 Å². The van der Waals surface area contributed by atoms with E-state index in [9.17, 15) is 9.59 Å². The summed E-state index contributed by atoms with van der Waals surface area (Å²) in [4.78, 5) is 28.1. The highest BCUT2D eigenvalue weighted by atomic mass is 16.6. The van der Waals surface area contributed by atoms with Crippen LogP contribution >= 0.6 is 0 Å². The van der Waals surface area contributed by atoms with Crippen LogP contribution < -0.4 is 0 Å². The summed E-state index contributed by atoms with van der Waals surface area (Å²) < 4.78 is 5.42. The Labute approximate surface area is 137 Å². The molecule has 0 spiro atoms. The van der Waals surface area contributed by atoms with Crippen molar-refractivity contribution in [3.63, 3.8) is 0 Å². The Morgan fingerprint density at radius 3 is 2.65 bits per heavy atom. The second-order valence-corrected chi connectivity index (χ2v) is 5.88. The Hall–Kier alpha value is -2.30. The van der Waals surface area contributed by atoms with Gasteiger partial charge in [-0.1, -0.05) is 37.3 Å². The first-order chi connectivity index (χ1) is 11.0. The lowest BCUT2D eigenvalue weighted by Gasteiger charge is -2.35. The molecule has 1 unspecified atom stereocenters. The number of hydrogen-bond acceptors (Lipinski definition) is 4. The number of benzene rings is 1. The molecule has 5 nitrogen and oxygen atoms in total. The van der Waals surface area contributed by atoms with Crippen LogP contribution in [0.2, 0.25) is 0 Å². The van der Waals surface area contributed by atoms with Crippen LogP contribution in [0.3, 0.4) is 0 Å². The number of likely N-dealkylation sites (tertiary alicyclic amines) is 1. The highest BCUT2D eigenvalue weighted by Gasteiger charge is 2.34. The van der Waals surface area contributed by atoms with Crippen molar-refractivity contribution in [2.75, 3.05) is 20.6 Å². The molecule has 1 aromatic rings. The van der Waals surface area contributed by atoms with Gasteiger partial charge in [0.05, 0.1) is 6.04 Å². The molecule has 0 radical (unpaired) electrons. The first-order valence-electron chi connectivity index (χ1n) is 7.91. The van der Waals surface area contributed by atoms with Gasteiger partial charge in [0.15, 0.2) is 5.78 Å². The first kappa shape index (κ1) is 17.1. The number of carbonyl (C=O) groups excluding carboxylic acids is 2. The maximum Gasteiger partial charge on any atom is 0.410 e. The van der Waals surface area contributed by atoms with Crippen LogP contribution in [-0.4, -0.2) is 48.4 Å². The average molecular weight is 316 g/mol. The third kappa shape index (κ3) is 4.34. The molecule has 1 aliphatic heterocycles. The van der Waals surface area contributed by atoms with E-state index >= 15 is 0 Å². The smallest absolute Gasteiger partial charge is 0.410 e. The van der Waals surface area contributed by atoms with Gasteiger partial charge in [-0.25, -0.2) is 4.79 Å². The van der Waals surface area contributed by atoms with E-state index in [2.05, 4.69) is 0 Å². The summed E-state index contributed by atoms with van der Waals surface area (Å²) in [7, 11) is 3.75. The molecule has 0 bridgehead atoms. The Morgan fingerprint density at radius 1 is 1.35 bits per heavy atom. The number of ketones is 1. The van der Waals surface area contributed by atoms with Gasteiger partial charge >= 0.3 is 6.09 Å². The molecule has 0 N–H and O–H groups in total. The zero-order valence-corrected chi connectivity index (χ0v) is 14.0. The fourth-order valence-electron chi connectivity index (χ4n) is 2.77. The summed E-state index contributed by atoms with van der Waals surface area (Å²) in [5.74, 6) is 0.109. The van der Waals surface area contributed by atoms with Gasteiger partial charge in [0.25, 0.3) is 0 Å². The number of ether oxygens (including phenoxy) is 1. The van der Waals surface area contributed by atoms with E-state index in [-0.39, 0.29) is 24.5 Å². The fourth-order valence-corrected chi connectivity index (χ4v) is 2.77. The number of amides is 1. The number of hydrogen-bond donors (Lipinski definition) is 0. The van der Waals surface area contributed by atoms with Crippen molar-refractivity contribution >= 4 is 11.9 Å². The van der Waals surface area contributed by atoms with Gasteiger partial charge in [-0.15, -0.1) is 0 Å². The minimum Gasteiger partial charge on any atom is -0.445 e. The molecule has 23 heavy (non-hydrogen) atoms. The molecule has 0 saturated carbocycles. The van der Waals surface area contributed by atoms with Crippen molar-refractivity contribution in [3.05, 3.63) is 47.7 Å². The van der Waals surface area contributed by atoms with Crippen LogP contribution in [0.5, 0.6) is 0 Å². The molecule has 1 saturated heterocycles. The Balaban J connectivity index is 2.08. The second kappa shape index (κ2) is 7.81. The molecule has 1 heterocycles. The average Bonchev–Trinajstić information content (AvgIpc) is 2.55. The summed E-state index contributed by atoms with van der Waals surface area (Å²) in [6.45, 7) is 2.63. The Morgan fingerprint density at radius 2 is 2.04 bits per heavy atom. The maximum absolute atomic E-state index is 12.4. The van der Waals surface area contributed by atoms with Gasteiger partial charge in [-0.2, -0.15) is 0 Å². The molecule has 5 heteroatoms. The monoisotopic (exact) mass is 316 g/mol. The minimum atomic E-state index is -0.363. The highest BCUT2D eigenvalue weighted by Crippen LogP contribution is 2.24. The van der Waals surface area contributed by atoms with Crippen molar-refractivity contribution in [1.82, 2.24) is 9.80 Å². The predicted octanol–water partition coefficient (Wildman–Crippen LogP) is 2.82. The van der Waals surface area contributed by atoms with E-state index in [0.717, 1.165) is 5.56 Å². The zero-order chi connectivity index (χ0) is 16.8. The molecule has 1 aromatic carbocycles. The first-order valence-corrected chi connectivity index (χ1v) is 7.91. The van der Waals surface area contributed by atoms with Crippen LogP contribution in [0.25, 0.3) is 0 Å². The Bertz CT molecular complexity index is 581. The highest BCUT2D eigenvalue weighted by molar-refractivity contribution is 5.98. The maximum atomic E-state index is 12.4. The van der Waals surface area contributed by atoms with Gasteiger partial charge in [-0.05, 0) is 12.0 Å². The van der Waals surface area contributed by atoms with Crippen LogP contribution in [0, 0.1) is 0 Å². The standard InChI is InChI=1S/C18H24N2O3/c1-4-16-15(12-19(2)3)17(21)10-11-20(16)18(22)23-13-14-8-6-5-7-9-14/h5-9,12,16H,4,10-11,13H2,1-3H3/b15-12+. The molecule has 124 valence electrons. The van der Waals surface area contributed by atoms with Crippen molar-refractivity contribution in [2.45, 2.75) is 32.4 Å². The molecular weight excluding hydrogens is 292 g/mol. The number of Topliss-reactive ketones (excluding diaryl/α,β-unsaturated/α-hetero) is 1. The minimum absolute atomic E-state index is 0.109. The van der Waals surface area contributed by atoms with Crippen LogP contribution in [-0.2, 0) is 16.1 Å². The quantitative estimate of drug-likeness (QED) is 0.802. The summed E-state index contributed by atoms with van der Waals surface area (Å²) >= 11 is 0. The normalized spacial score (nSPS) is 19.8. The number of piperidine rings is 1. The summed E-state index contributed by atoms with van der Waals surface area (Å²) in [6, 6.07) is 9.36. The number of rotatable bonds is 4. The Kier molecular flexibility index (Phi) is 5.79. The number of carbonyl (C=O) groups is 2. The van der Waals surface area contributed by atoms with Crippen molar-refractivity contribution < 1.29 is 14.3 Å². The third-order valence-electron chi connectivity index (χ3n) is 3.86. The van der Waals surface area contributed by atoms with Crippen molar-refractivity contribution in [3.8, 4) is 0 Å². The van der Waals surface area contributed by atoms with Crippen LogP contribution in [0.1, 0.15) is 25.3 Å². The van der Waals surface area contributed by atoms with E-state index in [1.807, 2.05) is 62.5 Å². The van der Waals surface area contributed by atoms with Crippen LogP contribution in [0.15, 0.2) is 42.1 Å². The SMILES string of the molecule is CCC1/C(=C\N(C)C)C(=O)CCN1C(=O)OCc1ccccc1. The van der Waals surface area contributed by atoms with Crippen molar-refractivity contribution in [1.29, 1.82) is 0 Å². The van der Waals surface area contributed by atoms with Gasteiger partial charge in [0.1, 0.15) is 6.61 Å². The molecule has 1 aliphatic rings. The van der Waals surface area contributed by atoms with E-state index in [4.69, 9.17) is 4.74 Å². The molecule has 0 aromatic heterocycles. The molecule has 1 amide bonds. The molecule has 0 aliphatic carbocycles. The lowest BCUT2D eigenvalue weighted by atomic mass is 9.93. The molecule has 1 fully saturated rings. The van der Waals surface area contributed by atoms with Gasteiger partial charge in [0.2, 0.25) is 0 Å². The largest absolute Gasteiger partial charge is 0.445 e. The van der Waals surface area contributed by atoms with Gasteiger partial charge < -0.3 is 14.5 Å². The number of nitrogens with zero attached hydrogens (tertiary/aromatic N) is 2. The second-order valence-electron chi connectivity index (χ2n) is 5.88.